The summed E-state index contributed by atoms with van der Waals surface area (Å²) in [6, 6.07) is 14.3. The van der Waals surface area contributed by atoms with Gasteiger partial charge in [0.2, 0.25) is 0 Å². The Kier molecular flexibility index (Phi) is 7.75. The largest absolute Gasteiger partial charge is 0.394 e. The van der Waals surface area contributed by atoms with Crippen LogP contribution in [0.25, 0.3) is 11.2 Å². The van der Waals surface area contributed by atoms with E-state index in [9.17, 15) is 28.5 Å². The molecule has 1 amide bonds. The monoisotopic (exact) mass is 570 g/mol. The van der Waals surface area contributed by atoms with E-state index in [-0.39, 0.29) is 28.5 Å². The van der Waals surface area contributed by atoms with E-state index < -0.39 is 47.2 Å². The van der Waals surface area contributed by atoms with Crippen molar-refractivity contribution in [2.24, 2.45) is 0 Å². The molecule has 0 spiro atoms. The lowest BCUT2D eigenvalue weighted by molar-refractivity contribution is -0.0511. The zero-order valence-electron chi connectivity index (χ0n) is 20.8. The molecule has 5 rings (SSSR count). The molecular formula is C25H26N6O8S. The quantitative estimate of drug-likeness (QED) is 0.149. The Bertz CT molecular complexity index is 1610. The molecule has 210 valence electrons. The molecule has 40 heavy (non-hydrogen) atoms. The van der Waals surface area contributed by atoms with Crippen molar-refractivity contribution in [2.75, 3.05) is 11.9 Å². The van der Waals surface area contributed by atoms with Crippen LogP contribution in [0.15, 0.2) is 65.8 Å². The lowest BCUT2D eigenvalue weighted by atomic mass is 10.1. The SMILES string of the molecule is O=C(NCc1nc(NCc2ccccc2)c2ncn([C@@H]3O[C@H](CO)[C@@H](O)[C@@H]3O)c2n1)c1ccc(S(=O)(=O)O)cc1. The second-order valence-corrected chi connectivity index (χ2v) is 10.5. The van der Waals surface area contributed by atoms with E-state index in [1.807, 2.05) is 30.3 Å². The number of carbonyl (C=O) groups is 1. The fourth-order valence-corrected chi connectivity index (χ4v) is 4.76. The fraction of sp³-hybridized carbons (Fsp3) is 0.280. The highest BCUT2D eigenvalue weighted by atomic mass is 32.2. The number of fused-ring (bicyclic) bond motifs is 1. The second-order valence-electron chi connectivity index (χ2n) is 9.06. The number of nitrogens with one attached hydrogen (secondary N) is 2. The molecule has 0 bridgehead atoms. The van der Waals surface area contributed by atoms with Crippen molar-refractivity contribution in [3.8, 4) is 0 Å². The molecule has 0 unspecified atom stereocenters. The van der Waals surface area contributed by atoms with Gasteiger partial charge in [-0.1, -0.05) is 30.3 Å². The molecule has 6 N–H and O–H groups in total. The van der Waals surface area contributed by atoms with E-state index in [4.69, 9.17) is 9.29 Å². The molecule has 1 saturated heterocycles. The van der Waals surface area contributed by atoms with Crippen molar-refractivity contribution in [1.82, 2.24) is 24.8 Å². The van der Waals surface area contributed by atoms with Crippen LogP contribution in [0.3, 0.4) is 0 Å². The number of aliphatic hydroxyl groups is 3. The Balaban J connectivity index is 1.43. The summed E-state index contributed by atoms with van der Waals surface area (Å²) in [5, 5.41) is 36.1. The van der Waals surface area contributed by atoms with Gasteiger partial charge in [0.15, 0.2) is 29.0 Å². The summed E-state index contributed by atoms with van der Waals surface area (Å²) in [5.74, 6) is -0.0121. The van der Waals surface area contributed by atoms with Gasteiger partial charge in [0.1, 0.15) is 18.3 Å². The molecule has 2 aromatic heterocycles. The van der Waals surface area contributed by atoms with E-state index in [0.717, 1.165) is 17.7 Å². The number of hydrogen-bond donors (Lipinski definition) is 6. The Morgan fingerprint density at radius 3 is 2.38 bits per heavy atom. The number of benzene rings is 2. The summed E-state index contributed by atoms with van der Waals surface area (Å²) >= 11 is 0. The van der Waals surface area contributed by atoms with Crippen molar-refractivity contribution in [1.29, 1.82) is 0 Å². The van der Waals surface area contributed by atoms with Gasteiger partial charge in [0.25, 0.3) is 16.0 Å². The standard InChI is InChI=1S/C25H26N6O8S/c32-12-17-20(33)21(34)25(39-17)31-13-28-19-22(26-10-14-4-2-1-3-5-14)29-18(30-23(19)31)11-27-24(35)15-6-8-16(9-7-15)40(36,37)38/h1-9,13,17,20-21,25,32-34H,10-12H2,(H,27,35)(H,26,29,30)(H,36,37,38)/t17-,20-,21+,25-/m1/s1. The maximum absolute atomic E-state index is 12.7. The molecule has 0 radical (unpaired) electrons. The number of aromatic nitrogens is 4. The van der Waals surface area contributed by atoms with Gasteiger partial charge in [-0.15, -0.1) is 0 Å². The molecule has 1 aliphatic rings. The highest BCUT2D eigenvalue weighted by molar-refractivity contribution is 7.85. The number of rotatable bonds is 9. The Hall–Kier alpha value is -3.99. The highest BCUT2D eigenvalue weighted by Gasteiger charge is 2.44. The summed E-state index contributed by atoms with van der Waals surface area (Å²) in [4.78, 5) is 25.8. The number of imidazole rings is 1. The minimum Gasteiger partial charge on any atom is -0.394 e. The minimum absolute atomic E-state index is 0.129. The van der Waals surface area contributed by atoms with Gasteiger partial charge in [0, 0.05) is 12.1 Å². The normalized spacial score (nSPS) is 21.0. The smallest absolute Gasteiger partial charge is 0.294 e. The van der Waals surface area contributed by atoms with Gasteiger partial charge < -0.3 is 30.7 Å². The zero-order valence-corrected chi connectivity index (χ0v) is 21.6. The average Bonchev–Trinajstić information content (AvgIpc) is 3.50. The first kappa shape index (κ1) is 27.6. The summed E-state index contributed by atoms with van der Waals surface area (Å²) in [6.07, 6.45) is -3.39. The van der Waals surface area contributed by atoms with E-state index in [0.29, 0.717) is 17.9 Å². The first-order valence-electron chi connectivity index (χ1n) is 12.1. The van der Waals surface area contributed by atoms with Crippen LogP contribution in [0.1, 0.15) is 28.0 Å². The Labute approximate surface area is 228 Å². The number of aliphatic hydroxyl groups excluding tert-OH is 3. The summed E-state index contributed by atoms with van der Waals surface area (Å²) in [7, 11) is -4.39. The molecule has 4 atom stereocenters. The zero-order chi connectivity index (χ0) is 28.4. The van der Waals surface area contributed by atoms with E-state index >= 15 is 0 Å². The fourth-order valence-electron chi connectivity index (χ4n) is 4.28. The lowest BCUT2D eigenvalue weighted by Crippen LogP contribution is -2.33. The minimum atomic E-state index is -4.39. The molecule has 15 heteroatoms. The van der Waals surface area contributed by atoms with E-state index in [1.54, 1.807) is 0 Å². The van der Waals surface area contributed by atoms with Crippen molar-refractivity contribution in [3.63, 3.8) is 0 Å². The topological polar surface area (TPSA) is 209 Å². The lowest BCUT2D eigenvalue weighted by Gasteiger charge is -2.17. The first-order valence-corrected chi connectivity index (χ1v) is 13.6. The van der Waals surface area contributed by atoms with E-state index in [2.05, 4.69) is 25.6 Å². The molecule has 0 saturated carbocycles. The Morgan fingerprint density at radius 1 is 1.00 bits per heavy atom. The third kappa shape index (κ3) is 5.65. The molecule has 2 aromatic carbocycles. The molecule has 1 aliphatic heterocycles. The van der Waals surface area contributed by atoms with Crippen LogP contribution >= 0.6 is 0 Å². The van der Waals surface area contributed by atoms with Crippen LogP contribution in [0.4, 0.5) is 5.82 Å². The molecule has 0 aliphatic carbocycles. The molecule has 3 heterocycles. The first-order chi connectivity index (χ1) is 19.2. The number of hydrogen-bond acceptors (Lipinski definition) is 11. The molecule has 1 fully saturated rings. The van der Waals surface area contributed by atoms with Crippen molar-refractivity contribution in [3.05, 3.63) is 77.9 Å². The molecule has 4 aromatic rings. The number of ether oxygens (including phenoxy) is 1. The number of carbonyl (C=O) groups excluding carboxylic acids is 1. The maximum Gasteiger partial charge on any atom is 0.294 e. The molecular weight excluding hydrogens is 544 g/mol. The van der Waals surface area contributed by atoms with Gasteiger partial charge in [-0.05, 0) is 29.8 Å². The Morgan fingerprint density at radius 2 is 1.73 bits per heavy atom. The van der Waals surface area contributed by atoms with Crippen LogP contribution in [0.2, 0.25) is 0 Å². The van der Waals surface area contributed by atoms with Gasteiger partial charge in [-0.25, -0.2) is 15.0 Å². The van der Waals surface area contributed by atoms with Crippen LogP contribution in [0, 0.1) is 0 Å². The van der Waals surface area contributed by atoms with Crippen LogP contribution in [0.5, 0.6) is 0 Å². The van der Waals surface area contributed by atoms with Gasteiger partial charge in [0.05, 0.1) is 24.4 Å². The summed E-state index contributed by atoms with van der Waals surface area (Å²) in [6.45, 7) is -0.224. The average molecular weight is 571 g/mol. The van der Waals surface area contributed by atoms with Gasteiger partial charge >= 0.3 is 0 Å². The maximum atomic E-state index is 12.7. The van der Waals surface area contributed by atoms with Crippen molar-refractivity contribution < 1.29 is 37.8 Å². The third-order valence-corrected chi connectivity index (χ3v) is 7.25. The number of nitrogens with zero attached hydrogens (tertiary/aromatic N) is 4. The summed E-state index contributed by atoms with van der Waals surface area (Å²) in [5.41, 5.74) is 1.72. The summed E-state index contributed by atoms with van der Waals surface area (Å²) < 4.78 is 38.7. The van der Waals surface area contributed by atoms with Crippen molar-refractivity contribution in [2.45, 2.75) is 42.5 Å². The highest BCUT2D eigenvalue weighted by Crippen LogP contribution is 2.32. The van der Waals surface area contributed by atoms with Gasteiger partial charge in [-0.2, -0.15) is 8.42 Å². The predicted molar refractivity (Wildman–Crippen MR) is 140 cm³/mol. The number of amides is 1. The van der Waals surface area contributed by atoms with Crippen LogP contribution in [-0.2, 0) is 27.9 Å². The van der Waals surface area contributed by atoms with Gasteiger partial charge in [-0.3, -0.25) is 13.9 Å². The van der Waals surface area contributed by atoms with Crippen LogP contribution in [-0.4, -0.2) is 78.6 Å². The van der Waals surface area contributed by atoms with E-state index in [1.165, 1.54) is 23.0 Å². The third-order valence-electron chi connectivity index (χ3n) is 6.38. The van der Waals surface area contributed by atoms with Crippen molar-refractivity contribution >= 4 is 33.0 Å². The molecule has 14 nitrogen and oxygen atoms in total. The van der Waals surface area contributed by atoms with Crippen LogP contribution < -0.4 is 10.6 Å². The second kappa shape index (κ2) is 11.2. The predicted octanol–water partition coefficient (Wildman–Crippen LogP) is 0.227. The number of anilines is 1.